The van der Waals surface area contributed by atoms with Gasteiger partial charge in [0.1, 0.15) is 0 Å². The van der Waals surface area contributed by atoms with Crippen LogP contribution >= 0.6 is 11.8 Å². The summed E-state index contributed by atoms with van der Waals surface area (Å²) in [4.78, 5) is 16.6. The molecule has 0 radical (unpaired) electrons. The molecule has 27 heavy (non-hydrogen) atoms. The number of hydrogen-bond donors (Lipinski definition) is 1. The second-order valence-corrected chi connectivity index (χ2v) is 9.61. The summed E-state index contributed by atoms with van der Waals surface area (Å²) in [5.41, 5.74) is 4.56. The van der Waals surface area contributed by atoms with E-state index in [1.807, 2.05) is 25.1 Å². The molecule has 0 saturated heterocycles. The van der Waals surface area contributed by atoms with Crippen LogP contribution < -0.4 is 4.74 Å². The summed E-state index contributed by atoms with van der Waals surface area (Å²) in [6.45, 7) is 5.80. The van der Waals surface area contributed by atoms with Gasteiger partial charge in [-0.3, -0.25) is 0 Å². The number of aliphatic carboxylic acids is 1. The molecule has 0 bridgehead atoms. The van der Waals surface area contributed by atoms with E-state index in [1.54, 1.807) is 11.8 Å². The summed E-state index contributed by atoms with van der Waals surface area (Å²) < 4.78 is 7.89. The number of ether oxygens (including phenoxy) is 1. The molecule has 0 aliphatic carbocycles. The molecule has 0 fully saturated rings. The summed E-state index contributed by atoms with van der Waals surface area (Å²) in [6.07, 6.45) is 0. The molecule has 0 saturated carbocycles. The van der Waals surface area contributed by atoms with Gasteiger partial charge in [-0.25, -0.2) is 0 Å². The summed E-state index contributed by atoms with van der Waals surface area (Å²) in [6, 6.07) is 14.4. The van der Waals surface area contributed by atoms with Gasteiger partial charge >= 0.3 is 169 Å². The first-order valence-electron chi connectivity index (χ1n) is 8.54. The molecular formula is C21H21NO3SSe. The molecule has 2 aromatic carbocycles. The minimum absolute atomic E-state index is 0.256. The van der Waals surface area contributed by atoms with Gasteiger partial charge in [0.2, 0.25) is 0 Å². The quantitative estimate of drug-likeness (QED) is 0.428. The van der Waals surface area contributed by atoms with E-state index < -0.39 is 5.97 Å². The summed E-state index contributed by atoms with van der Waals surface area (Å²) in [7, 11) is 0. The first kappa shape index (κ1) is 19.7. The Kier molecular flexibility index (Phi) is 6.42. The molecule has 1 heterocycles. The van der Waals surface area contributed by atoms with Crippen molar-refractivity contribution in [3.63, 3.8) is 0 Å². The van der Waals surface area contributed by atoms with Crippen molar-refractivity contribution in [2.45, 2.75) is 31.4 Å². The predicted octanol–water partition coefficient (Wildman–Crippen LogP) is 4.49. The maximum absolute atomic E-state index is 10.6. The van der Waals surface area contributed by atoms with Crippen molar-refractivity contribution in [2.24, 2.45) is 0 Å². The number of carboxylic acid groups (broad SMARTS) is 1. The van der Waals surface area contributed by atoms with Crippen molar-refractivity contribution in [3.05, 3.63) is 63.7 Å². The molecule has 0 atom stereocenters. The SMILES string of the molecule is Cc1ccc(-c2nc(C)c(CSc3ccc(OCC(=O)O)c(C)c3)[se]2)cc1. The van der Waals surface area contributed by atoms with Crippen molar-refractivity contribution < 1.29 is 14.6 Å². The topological polar surface area (TPSA) is 59.4 Å². The van der Waals surface area contributed by atoms with Gasteiger partial charge < -0.3 is 0 Å². The first-order valence-corrected chi connectivity index (χ1v) is 11.2. The molecule has 0 aliphatic heterocycles. The number of carbonyl (C=O) groups is 1. The summed E-state index contributed by atoms with van der Waals surface area (Å²) >= 11 is 2.04. The maximum atomic E-state index is 10.6. The van der Waals surface area contributed by atoms with E-state index in [1.165, 1.54) is 20.1 Å². The van der Waals surface area contributed by atoms with Gasteiger partial charge in [-0.2, -0.15) is 0 Å². The first-order chi connectivity index (χ1) is 12.9. The van der Waals surface area contributed by atoms with Crippen LogP contribution in [0.2, 0.25) is 0 Å². The van der Waals surface area contributed by atoms with Crippen LogP contribution in [0.5, 0.6) is 5.75 Å². The monoisotopic (exact) mass is 447 g/mol. The number of hydrogen-bond acceptors (Lipinski definition) is 4. The molecular weight excluding hydrogens is 425 g/mol. The van der Waals surface area contributed by atoms with E-state index in [-0.39, 0.29) is 21.1 Å². The van der Waals surface area contributed by atoms with Crippen molar-refractivity contribution in [1.29, 1.82) is 0 Å². The van der Waals surface area contributed by atoms with Gasteiger partial charge in [0.25, 0.3) is 0 Å². The van der Waals surface area contributed by atoms with E-state index >= 15 is 0 Å². The molecule has 3 rings (SSSR count). The van der Waals surface area contributed by atoms with Gasteiger partial charge in [0.05, 0.1) is 0 Å². The Morgan fingerprint density at radius 3 is 2.56 bits per heavy atom. The number of aromatic nitrogens is 1. The third kappa shape index (κ3) is 5.25. The Labute approximate surface area is 169 Å². The fourth-order valence-corrected chi connectivity index (χ4v) is 6.09. The van der Waals surface area contributed by atoms with E-state index in [9.17, 15) is 4.79 Å². The Morgan fingerprint density at radius 1 is 1.15 bits per heavy atom. The number of benzene rings is 2. The zero-order chi connectivity index (χ0) is 19.4. The number of thioether (sulfide) groups is 1. The number of rotatable bonds is 7. The Morgan fingerprint density at radius 2 is 1.89 bits per heavy atom. The van der Waals surface area contributed by atoms with Gasteiger partial charge in [0.15, 0.2) is 0 Å². The van der Waals surface area contributed by atoms with Crippen LogP contribution in [0.3, 0.4) is 0 Å². The predicted molar refractivity (Wildman–Crippen MR) is 110 cm³/mol. The Balaban J connectivity index is 1.67. The third-order valence-corrected chi connectivity index (χ3v) is 8.02. The van der Waals surface area contributed by atoms with Crippen LogP contribution in [0, 0.1) is 20.8 Å². The Bertz CT molecular complexity index is 951. The molecule has 1 N–H and O–H groups in total. The number of nitrogens with zero attached hydrogens (tertiary/aromatic N) is 1. The van der Waals surface area contributed by atoms with Crippen LogP contribution in [0.15, 0.2) is 47.4 Å². The minimum atomic E-state index is -0.969. The van der Waals surface area contributed by atoms with Crippen LogP contribution in [0.4, 0.5) is 0 Å². The zero-order valence-corrected chi connectivity index (χ0v) is 18.0. The van der Waals surface area contributed by atoms with Crippen molar-refractivity contribution in [1.82, 2.24) is 4.98 Å². The molecule has 6 heteroatoms. The second kappa shape index (κ2) is 8.79. The normalized spacial score (nSPS) is 10.8. The van der Waals surface area contributed by atoms with Crippen LogP contribution in [0.1, 0.15) is 21.3 Å². The number of aryl methyl sites for hydroxylation is 3. The van der Waals surface area contributed by atoms with Crippen LogP contribution in [0.25, 0.3) is 10.1 Å². The van der Waals surface area contributed by atoms with Gasteiger partial charge in [-0.05, 0) is 0 Å². The standard InChI is InChI=1S/C21H21NO3SSe/c1-13-4-6-16(7-5-13)21-22-15(3)19(27-21)12-26-17-8-9-18(14(2)10-17)25-11-20(23)24/h4-10H,11-12H2,1-3H3,(H,23,24). The molecule has 3 aromatic rings. The van der Waals surface area contributed by atoms with Gasteiger partial charge in [-0.15, -0.1) is 0 Å². The molecule has 0 spiro atoms. The van der Waals surface area contributed by atoms with Gasteiger partial charge in [-0.1, -0.05) is 0 Å². The fourth-order valence-electron chi connectivity index (χ4n) is 2.54. The molecule has 0 aliphatic rings. The summed E-state index contributed by atoms with van der Waals surface area (Å²) in [5, 5.41) is 8.72. The van der Waals surface area contributed by atoms with Crippen LogP contribution in [-0.4, -0.2) is 37.2 Å². The molecule has 0 unspecified atom stereocenters. The summed E-state index contributed by atoms with van der Waals surface area (Å²) in [5.74, 6) is 0.565. The van der Waals surface area contributed by atoms with Crippen molar-refractivity contribution in [3.8, 4) is 15.9 Å². The van der Waals surface area contributed by atoms with Crippen molar-refractivity contribution in [2.75, 3.05) is 6.61 Å². The second-order valence-electron chi connectivity index (χ2n) is 6.29. The van der Waals surface area contributed by atoms with Crippen molar-refractivity contribution >= 4 is 32.2 Å². The van der Waals surface area contributed by atoms with E-state index in [2.05, 4.69) is 38.1 Å². The zero-order valence-electron chi connectivity index (χ0n) is 15.5. The molecule has 4 nitrogen and oxygen atoms in total. The molecule has 1 aromatic heterocycles. The number of carboxylic acids is 1. The molecule has 140 valence electrons. The average Bonchev–Trinajstić information content (AvgIpc) is 3.00. The Hall–Kier alpha value is -2.01. The third-order valence-electron chi connectivity index (χ3n) is 4.06. The fraction of sp³-hybridized carbons (Fsp3) is 0.238. The van der Waals surface area contributed by atoms with E-state index in [0.29, 0.717) is 5.75 Å². The van der Waals surface area contributed by atoms with E-state index in [0.717, 1.165) is 21.9 Å². The molecule has 0 amide bonds. The van der Waals surface area contributed by atoms with E-state index in [4.69, 9.17) is 14.8 Å². The average molecular weight is 446 g/mol. The van der Waals surface area contributed by atoms with Crippen LogP contribution in [-0.2, 0) is 10.5 Å². The van der Waals surface area contributed by atoms with Gasteiger partial charge in [0, 0.05) is 0 Å².